The Bertz CT molecular complexity index is 1240. The van der Waals surface area contributed by atoms with E-state index in [4.69, 9.17) is 0 Å². The average Bonchev–Trinajstić information content (AvgIpc) is 2.76. The second-order valence-corrected chi connectivity index (χ2v) is 7.28. The van der Waals surface area contributed by atoms with Crippen LogP contribution in [0.15, 0.2) is 79.1 Å². The Morgan fingerprint density at radius 2 is 1.65 bits per heavy atom. The summed E-state index contributed by atoms with van der Waals surface area (Å²) >= 11 is 0. The van der Waals surface area contributed by atoms with Crippen LogP contribution < -0.4 is 10.6 Å². The molecule has 0 aliphatic heterocycles. The largest absolute Gasteiger partial charge is 0.324 e. The molecular weight excluding hydrogens is 391 g/mol. The van der Waals surface area contributed by atoms with E-state index in [-0.39, 0.29) is 11.7 Å². The number of benzene rings is 3. The fourth-order valence-corrected chi connectivity index (χ4v) is 3.23. The maximum absolute atomic E-state index is 13.4. The molecule has 31 heavy (non-hydrogen) atoms. The number of aryl methyl sites for hydroxylation is 2. The highest BCUT2D eigenvalue weighted by Crippen LogP contribution is 2.21. The number of carbonyl (C=O) groups excluding carboxylic acids is 1. The van der Waals surface area contributed by atoms with E-state index in [1.165, 1.54) is 12.1 Å². The van der Waals surface area contributed by atoms with Crippen LogP contribution >= 0.6 is 0 Å². The van der Waals surface area contributed by atoms with Gasteiger partial charge in [0.25, 0.3) is 5.91 Å². The number of amides is 1. The molecule has 3 aromatic carbocycles. The van der Waals surface area contributed by atoms with Gasteiger partial charge >= 0.3 is 0 Å². The van der Waals surface area contributed by atoms with Crippen molar-refractivity contribution in [2.75, 3.05) is 10.6 Å². The highest BCUT2D eigenvalue weighted by atomic mass is 19.1. The number of nitrogens with zero attached hydrogens (tertiary/aromatic N) is 2. The van der Waals surface area contributed by atoms with Gasteiger partial charge in [0.1, 0.15) is 5.82 Å². The monoisotopic (exact) mass is 412 g/mol. The SMILES string of the molecule is Cc1ccc(NC(=O)c2cccc(Nc3ncc(-c4cccc(F)c4)cn3)c2)c(C)c1. The van der Waals surface area contributed by atoms with Gasteiger partial charge in [0.2, 0.25) is 5.95 Å². The lowest BCUT2D eigenvalue weighted by molar-refractivity contribution is 0.102. The van der Waals surface area contributed by atoms with Crippen molar-refractivity contribution in [1.82, 2.24) is 9.97 Å². The molecule has 0 saturated heterocycles. The minimum absolute atomic E-state index is 0.196. The van der Waals surface area contributed by atoms with Gasteiger partial charge in [0, 0.05) is 34.9 Å². The molecule has 0 unspecified atom stereocenters. The third kappa shape index (κ3) is 4.93. The molecule has 2 N–H and O–H groups in total. The molecular formula is C25H21FN4O. The molecule has 6 heteroatoms. The van der Waals surface area contributed by atoms with E-state index < -0.39 is 0 Å². The number of nitrogens with one attached hydrogen (secondary N) is 2. The van der Waals surface area contributed by atoms with Gasteiger partial charge in [-0.15, -0.1) is 0 Å². The van der Waals surface area contributed by atoms with Crippen molar-refractivity contribution in [3.63, 3.8) is 0 Å². The van der Waals surface area contributed by atoms with E-state index in [1.54, 1.807) is 42.7 Å². The number of carbonyl (C=O) groups is 1. The van der Waals surface area contributed by atoms with Crippen LogP contribution in [0.4, 0.5) is 21.7 Å². The smallest absolute Gasteiger partial charge is 0.255 e. The van der Waals surface area contributed by atoms with Crippen molar-refractivity contribution >= 4 is 23.2 Å². The third-order valence-corrected chi connectivity index (χ3v) is 4.82. The van der Waals surface area contributed by atoms with Gasteiger partial charge < -0.3 is 10.6 Å². The molecule has 1 aromatic heterocycles. The summed E-state index contributed by atoms with van der Waals surface area (Å²) in [6.07, 6.45) is 3.25. The second-order valence-electron chi connectivity index (χ2n) is 7.28. The molecule has 0 aliphatic rings. The molecule has 0 fully saturated rings. The highest BCUT2D eigenvalue weighted by Gasteiger charge is 2.09. The Hall–Kier alpha value is -4.06. The Morgan fingerprint density at radius 3 is 2.39 bits per heavy atom. The minimum Gasteiger partial charge on any atom is -0.324 e. The van der Waals surface area contributed by atoms with Gasteiger partial charge in [0.05, 0.1) is 0 Å². The first-order valence-electron chi connectivity index (χ1n) is 9.81. The van der Waals surface area contributed by atoms with Crippen LogP contribution in [0.25, 0.3) is 11.1 Å². The summed E-state index contributed by atoms with van der Waals surface area (Å²) in [5.41, 5.74) is 5.56. The summed E-state index contributed by atoms with van der Waals surface area (Å²) in [6.45, 7) is 3.98. The van der Waals surface area contributed by atoms with Crippen LogP contribution in [-0.2, 0) is 0 Å². The maximum Gasteiger partial charge on any atom is 0.255 e. The fraction of sp³-hybridized carbons (Fsp3) is 0.0800. The summed E-state index contributed by atoms with van der Waals surface area (Å²) in [5.74, 6) is -0.124. The Labute approximate surface area is 180 Å². The van der Waals surface area contributed by atoms with Crippen molar-refractivity contribution in [2.24, 2.45) is 0 Å². The van der Waals surface area contributed by atoms with Gasteiger partial charge in [-0.05, 0) is 61.4 Å². The van der Waals surface area contributed by atoms with Crippen molar-refractivity contribution < 1.29 is 9.18 Å². The number of halogens is 1. The summed E-state index contributed by atoms with van der Waals surface area (Å²) in [4.78, 5) is 21.3. The molecule has 0 spiro atoms. The van der Waals surface area contributed by atoms with Crippen LogP contribution in [-0.4, -0.2) is 15.9 Å². The maximum atomic E-state index is 13.4. The quantitative estimate of drug-likeness (QED) is 0.429. The number of rotatable bonds is 5. The van der Waals surface area contributed by atoms with E-state index in [2.05, 4.69) is 20.6 Å². The molecule has 4 aromatic rings. The number of hydrogen-bond donors (Lipinski definition) is 2. The first kappa shape index (κ1) is 20.2. The van der Waals surface area contributed by atoms with E-state index in [0.29, 0.717) is 28.3 Å². The standard InChI is InChI=1S/C25H21FN4O/c1-16-9-10-23(17(2)11-16)30-24(31)19-6-4-8-22(13-19)29-25-27-14-20(15-28-25)18-5-3-7-21(26)12-18/h3-15H,1-2H3,(H,30,31)(H,27,28,29). The highest BCUT2D eigenvalue weighted by molar-refractivity contribution is 6.05. The van der Waals surface area contributed by atoms with Gasteiger partial charge in [-0.2, -0.15) is 0 Å². The molecule has 1 heterocycles. The van der Waals surface area contributed by atoms with E-state index in [1.807, 2.05) is 38.1 Å². The lowest BCUT2D eigenvalue weighted by Gasteiger charge is -2.11. The molecule has 5 nitrogen and oxygen atoms in total. The lowest BCUT2D eigenvalue weighted by Crippen LogP contribution is -2.13. The van der Waals surface area contributed by atoms with Gasteiger partial charge in [-0.3, -0.25) is 4.79 Å². The predicted octanol–water partition coefficient (Wildman–Crippen LogP) is 5.90. The summed E-state index contributed by atoms with van der Waals surface area (Å²) in [6, 6.07) is 19.3. The Kier molecular flexibility index (Phi) is 5.71. The summed E-state index contributed by atoms with van der Waals surface area (Å²) in [5, 5.41) is 6.04. The molecule has 4 rings (SSSR count). The third-order valence-electron chi connectivity index (χ3n) is 4.82. The molecule has 0 saturated carbocycles. The summed E-state index contributed by atoms with van der Waals surface area (Å²) < 4.78 is 13.4. The molecule has 154 valence electrons. The zero-order valence-corrected chi connectivity index (χ0v) is 17.2. The van der Waals surface area contributed by atoms with Gasteiger partial charge in [0.15, 0.2) is 0 Å². The Morgan fingerprint density at radius 1 is 0.871 bits per heavy atom. The van der Waals surface area contributed by atoms with Crippen molar-refractivity contribution in [3.8, 4) is 11.1 Å². The number of aromatic nitrogens is 2. The summed E-state index contributed by atoms with van der Waals surface area (Å²) in [7, 11) is 0. The van der Waals surface area contributed by atoms with E-state index >= 15 is 0 Å². The average molecular weight is 412 g/mol. The predicted molar refractivity (Wildman–Crippen MR) is 121 cm³/mol. The van der Waals surface area contributed by atoms with Crippen molar-refractivity contribution in [3.05, 3.63) is 102 Å². The van der Waals surface area contributed by atoms with Crippen molar-refractivity contribution in [2.45, 2.75) is 13.8 Å². The normalized spacial score (nSPS) is 10.5. The van der Waals surface area contributed by atoms with Crippen LogP contribution in [0.3, 0.4) is 0 Å². The lowest BCUT2D eigenvalue weighted by atomic mass is 10.1. The minimum atomic E-state index is -0.310. The zero-order chi connectivity index (χ0) is 21.8. The van der Waals surface area contributed by atoms with E-state index in [0.717, 1.165) is 16.8 Å². The molecule has 0 radical (unpaired) electrons. The second kappa shape index (κ2) is 8.75. The number of anilines is 3. The van der Waals surface area contributed by atoms with Crippen LogP contribution in [0.1, 0.15) is 21.5 Å². The van der Waals surface area contributed by atoms with E-state index in [9.17, 15) is 9.18 Å². The number of hydrogen-bond acceptors (Lipinski definition) is 4. The van der Waals surface area contributed by atoms with Gasteiger partial charge in [-0.25, -0.2) is 14.4 Å². The molecule has 0 aliphatic carbocycles. The fourth-order valence-electron chi connectivity index (χ4n) is 3.23. The first-order chi connectivity index (χ1) is 15.0. The Balaban J connectivity index is 1.47. The van der Waals surface area contributed by atoms with Crippen molar-refractivity contribution in [1.29, 1.82) is 0 Å². The molecule has 1 amide bonds. The zero-order valence-electron chi connectivity index (χ0n) is 17.2. The van der Waals surface area contributed by atoms with Gasteiger partial charge in [-0.1, -0.05) is 35.9 Å². The molecule has 0 bridgehead atoms. The van der Waals surface area contributed by atoms with Crippen LogP contribution in [0.5, 0.6) is 0 Å². The topological polar surface area (TPSA) is 66.9 Å². The van der Waals surface area contributed by atoms with Crippen LogP contribution in [0, 0.1) is 19.7 Å². The molecule has 0 atom stereocenters. The first-order valence-corrected chi connectivity index (χ1v) is 9.81. The van der Waals surface area contributed by atoms with Crippen LogP contribution in [0.2, 0.25) is 0 Å².